The van der Waals surface area contributed by atoms with Crippen LogP contribution in [-0.2, 0) is 96.5 Å². The molecule has 2 aliphatic heterocycles. The molecular formula is C57H62O12. The first kappa shape index (κ1) is 49.8. The predicted octanol–water partition coefficient (Wildman–Crippen LogP) is 9.17. The van der Waals surface area contributed by atoms with Gasteiger partial charge in [-0.05, 0) is 33.4 Å². The van der Waals surface area contributed by atoms with Crippen LogP contribution in [0.25, 0.3) is 0 Å². The van der Waals surface area contributed by atoms with E-state index in [9.17, 15) is 4.79 Å². The zero-order chi connectivity index (χ0) is 47.5. The predicted molar refractivity (Wildman–Crippen MR) is 257 cm³/mol. The van der Waals surface area contributed by atoms with E-state index in [-0.39, 0.29) is 46.2 Å². The molecule has 12 heteroatoms. The van der Waals surface area contributed by atoms with Crippen molar-refractivity contribution in [2.75, 3.05) is 20.3 Å². The van der Waals surface area contributed by atoms with Gasteiger partial charge in [0.05, 0.1) is 52.9 Å². The summed E-state index contributed by atoms with van der Waals surface area (Å²) in [5.74, 6) is -0.503. The van der Waals surface area contributed by atoms with Gasteiger partial charge in [-0.15, -0.1) is 0 Å². The Morgan fingerprint density at radius 2 is 0.696 bits per heavy atom. The van der Waals surface area contributed by atoms with Gasteiger partial charge >= 0.3 is 5.97 Å². The van der Waals surface area contributed by atoms with Crippen LogP contribution in [0, 0.1) is 0 Å². The molecule has 12 nitrogen and oxygen atoms in total. The number of ether oxygens (including phenoxy) is 11. The van der Waals surface area contributed by atoms with Crippen LogP contribution in [-0.4, -0.2) is 87.7 Å². The van der Waals surface area contributed by atoms with Crippen molar-refractivity contribution in [3.05, 3.63) is 215 Å². The number of hydrogen-bond donors (Lipinski definition) is 0. The van der Waals surface area contributed by atoms with Crippen LogP contribution < -0.4 is 0 Å². The summed E-state index contributed by atoms with van der Waals surface area (Å²) in [6.07, 6.45) is -8.45. The fourth-order valence-corrected chi connectivity index (χ4v) is 8.51. The summed E-state index contributed by atoms with van der Waals surface area (Å²) >= 11 is 0. The maximum atomic E-state index is 12.9. The summed E-state index contributed by atoms with van der Waals surface area (Å²) in [5.41, 5.74) is 5.75. The van der Waals surface area contributed by atoms with Gasteiger partial charge in [-0.3, -0.25) is 4.79 Å². The zero-order valence-electron chi connectivity index (χ0n) is 39.1. The largest absolute Gasteiger partial charge is 0.457 e. The van der Waals surface area contributed by atoms with E-state index < -0.39 is 67.4 Å². The van der Waals surface area contributed by atoms with Crippen molar-refractivity contribution in [2.45, 2.75) is 108 Å². The third-order valence-corrected chi connectivity index (χ3v) is 12.0. The van der Waals surface area contributed by atoms with Crippen molar-refractivity contribution in [2.24, 2.45) is 0 Å². The Hall–Kier alpha value is -5.61. The topological polar surface area (TPSA) is 119 Å². The lowest BCUT2D eigenvalue weighted by Crippen LogP contribution is -2.64. The number of rotatable bonds is 24. The summed E-state index contributed by atoms with van der Waals surface area (Å²) in [6.45, 7) is 2.85. The van der Waals surface area contributed by atoms with Crippen LogP contribution in [0.3, 0.4) is 0 Å². The Morgan fingerprint density at radius 1 is 0.377 bits per heavy atom. The monoisotopic (exact) mass is 938 g/mol. The lowest BCUT2D eigenvalue weighted by molar-refractivity contribution is -0.348. The van der Waals surface area contributed by atoms with E-state index in [2.05, 4.69) is 0 Å². The Labute approximate surface area is 405 Å². The number of esters is 1. The summed E-state index contributed by atoms with van der Waals surface area (Å²) in [6, 6.07) is 59.3. The molecule has 0 N–H and O–H groups in total. The summed E-state index contributed by atoms with van der Waals surface area (Å²) < 4.78 is 73.1. The minimum atomic E-state index is -1.08. The van der Waals surface area contributed by atoms with E-state index in [1.165, 1.54) is 6.92 Å². The van der Waals surface area contributed by atoms with Crippen LogP contribution in [0.15, 0.2) is 182 Å². The molecule has 2 fully saturated rings. The van der Waals surface area contributed by atoms with Crippen molar-refractivity contribution >= 4 is 5.97 Å². The van der Waals surface area contributed by atoms with Gasteiger partial charge in [-0.25, -0.2) is 0 Å². The first-order chi connectivity index (χ1) is 34.0. The van der Waals surface area contributed by atoms with Gasteiger partial charge in [-0.1, -0.05) is 182 Å². The third-order valence-electron chi connectivity index (χ3n) is 12.0. The minimum absolute atomic E-state index is 0.0492. The van der Waals surface area contributed by atoms with Gasteiger partial charge in [0.1, 0.15) is 42.7 Å². The van der Waals surface area contributed by atoms with Gasteiger partial charge in [0.2, 0.25) is 0 Å². The van der Waals surface area contributed by atoms with Gasteiger partial charge in [0, 0.05) is 14.0 Å². The first-order valence-corrected chi connectivity index (χ1v) is 23.5. The second-order valence-corrected chi connectivity index (χ2v) is 17.0. The Morgan fingerprint density at radius 3 is 1.09 bits per heavy atom. The summed E-state index contributed by atoms with van der Waals surface area (Å²) in [5, 5.41) is 0. The van der Waals surface area contributed by atoms with Crippen molar-refractivity contribution in [1.82, 2.24) is 0 Å². The van der Waals surface area contributed by atoms with Gasteiger partial charge in [0.15, 0.2) is 18.7 Å². The molecule has 8 rings (SSSR count). The van der Waals surface area contributed by atoms with Crippen molar-refractivity contribution in [3.63, 3.8) is 0 Å². The number of carbonyl (C=O) groups is 1. The van der Waals surface area contributed by atoms with Crippen molar-refractivity contribution in [1.29, 1.82) is 0 Å². The molecule has 0 bridgehead atoms. The molecule has 0 radical (unpaired) electrons. The molecule has 69 heavy (non-hydrogen) atoms. The van der Waals surface area contributed by atoms with E-state index in [1.807, 2.05) is 182 Å². The molecule has 0 amide bonds. The lowest BCUT2D eigenvalue weighted by Gasteiger charge is -2.47. The average Bonchev–Trinajstić information content (AvgIpc) is 3.39. The number of benzene rings is 6. The highest BCUT2D eigenvalue weighted by atomic mass is 16.8. The fraction of sp³-hybridized carbons (Fsp3) is 0.351. The first-order valence-electron chi connectivity index (χ1n) is 23.5. The van der Waals surface area contributed by atoms with E-state index >= 15 is 0 Å². The number of carbonyl (C=O) groups excluding carboxylic acids is 1. The fourth-order valence-electron chi connectivity index (χ4n) is 8.51. The molecule has 0 spiro atoms. The average molecular weight is 939 g/mol. The van der Waals surface area contributed by atoms with E-state index in [1.54, 1.807) is 7.11 Å². The minimum Gasteiger partial charge on any atom is -0.457 e. The van der Waals surface area contributed by atoms with Crippen molar-refractivity contribution in [3.8, 4) is 0 Å². The second kappa shape index (κ2) is 26.4. The summed E-state index contributed by atoms with van der Waals surface area (Å²) in [4.78, 5) is 12.9. The molecule has 10 atom stereocenters. The van der Waals surface area contributed by atoms with Crippen LogP contribution in [0.1, 0.15) is 40.3 Å². The number of methoxy groups -OCH3 is 1. The van der Waals surface area contributed by atoms with Crippen molar-refractivity contribution < 1.29 is 56.9 Å². The van der Waals surface area contributed by atoms with E-state index in [4.69, 9.17) is 52.1 Å². The SMILES string of the molecule is CO[C@H]1O[C@H](COC2O[C@H](COCc3ccccc3)[C@@H](OC(C)=O)[C@H](OCc3ccccc3)[C@@H]2OCc2ccccc2)[C@@H](OCc2ccccc2)[C@H](OCc2ccccc2)[C@H]1OCc1ccccc1. The van der Waals surface area contributed by atoms with E-state index in [0.717, 1.165) is 33.4 Å². The molecule has 0 aromatic heterocycles. The second-order valence-electron chi connectivity index (χ2n) is 17.0. The molecule has 6 aromatic rings. The summed E-state index contributed by atoms with van der Waals surface area (Å²) in [7, 11) is 1.59. The molecule has 6 aromatic carbocycles. The van der Waals surface area contributed by atoms with Crippen LogP contribution in [0.5, 0.6) is 0 Å². The molecular weight excluding hydrogens is 877 g/mol. The normalized spacial score (nSPS) is 24.7. The maximum absolute atomic E-state index is 12.9. The van der Waals surface area contributed by atoms with E-state index in [0.29, 0.717) is 6.61 Å². The number of hydrogen-bond acceptors (Lipinski definition) is 12. The van der Waals surface area contributed by atoms with Crippen LogP contribution >= 0.6 is 0 Å². The Balaban J connectivity index is 1.12. The molecule has 362 valence electrons. The van der Waals surface area contributed by atoms with Gasteiger partial charge in [-0.2, -0.15) is 0 Å². The standard InChI is InChI=1S/C57H62O12/c1-41(58)67-51-48(39-60-33-42-21-9-3-10-22-42)69-57(55(65-38-47-31-19-8-20-32-47)53(51)63-36-45-27-15-6-16-28-45)66-40-49-50(61-34-43-23-11-4-12-24-43)52(62-35-44-25-13-5-14-26-44)54(56(59-2)68-49)64-37-46-29-17-7-18-30-46/h3-32,48-57H,33-40H2,1-2H3/t48-,49-,50-,51-,52+,53+,54-,55+,56+,57?/m1/s1. The smallest absolute Gasteiger partial charge is 0.303 e. The highest BCUT2D eigenvalue weighted by Crippen LogP contribution is 2.35. The quantitative estimate of drug-likeness (QED) is 0.0539. The molecule has 2 heterocycles. The van der Waals surface area contributed by atoms with Crippen LogP contribution in [0.2, 0.25) is 0 Å². The highest BCUT2D eigenvalue weighted by molar-refractivity contribution is 5.66. The molecule has 1 unspecified atom stereocenters. The molecule has 0 saturated carbocycles. The Bertz CT molecular complexity index is 2350. The lowest BCUT2D eigenvalue weighted by atomic mass is 9.97. The van der Waals surface area contributed by atoms with Gasteiger partial charge < -0.3 is 52.1 Å². The third kappa shape index (κ3) is 14.7. The zero-order valence-corrected chi connectivity index (χ0v) is 39.1. The van der Waals surface area contributed by atoms with Gasteiger partial charge in [0.25, 0.3) is 0 Å². The Kier molecular flexibility index (Phi) is 19.0. The maximum Gasteiger partial charge on any atom is 0.303 e. The molecule has 0 aliphatic carbocycles. The van der Waals surface area contributed by atoms with Crippen LogP contribution in [0.4, 0.5) is 0 Å². The molecule has 2 aliphatic rings. The highest BCUT2D eigenvalue weighted by Gasteiger charge is 2.53. The molecule has 2 saturated heterocycles.